The molecule has 5 nitrogen and oxygen atoms in total. The van der Waals surface area contributed by atoms with Crippen LogP contribution in [0.25, 0.3) is 0 Å². The van der Waals surface area contributed by atoms with Gasteiger partial charge in [-0.15, -0.1) is 0 Å². The fourth-order valence-electron chi connectivity index (χ4n) is 3.93. The van der Waals surface area contributed by atoms with Crippen LogP contribution in [-0.4, -0.2) is 61.9 Å². The molecule has 2 atom stereocenters. The lowest BCUT2D eigenvalue weighted by molar-refractivity contribution is -0.161. The number of hydrogen-bond donors (Lipinski definition) is 1. The van der Waals surface area contributed by atoms with E-state index in [1.54, 1.807) is 0 Å². The van der Waals surface area contributed by atoms with E-state index in [-0.39, 0.29) is 12.1 Å². The quantitative estimate of drug-likeness (QED) is 0.755. The molecule has 4 fully saturated rings. The fraction of sp³-hybridized carbons (Fsp3) is 0.933. The predicted molar refractivity (Wildman–Crippen MR) is 75.5 cm³/mol. The minimum Gasteiger partial charge on any atom is -0.465 e. The topological polar surface area (TPSA) is 50.8 Å². The average Bonchev–Trinajstić information content (AvgIpc) is 3.00. The Morgan fingerprint density at radius 3 is 2.75 bits per heavy atom. The molecule has 0 aliphatic carbocycles. The van der Waals surface area contributed by atoms with E-state index < -0.39 is 5.54 Å². The molecule has 0 saturated carbocycles. The Morgan fingerprint density at radius 1 is 1.40 bits per heavy atom. The predicted octanol–water partition coefficient (Wildman–Crippen LogP) is 0.783. The van der Waals surface area contributed by atoms with Gasteiger partial charge >= 0.3 is 5.97 Å². The Labute approximate surface area is 121 Å². The van der Waals surface area contributed by atoms with Crippen molar-refractivity contribution in [3.05, 3.63) is 0 Å². The van der Waals surface area contributed by atoms with Gasteiger partial charge in [0.2, 0.25) is 0 Å². The van der Waals surface area contributed by atoms with Gasteiger partial charge in [0.05, 0.1) is 12.7 Å². The maximum atomic E-state index is 12.6. The van der Waals surface area contributed by atoms with Gasteiger partial charge in [0, 0.05) is 19.7 Å². The highest BCUT2D eigenvalue weighted by Crippen LogP contribution is 2.36. The van der Waals surface area contributed by atoms with Gasteiger partial charge < -0.3 is 14.4 Å². The first-order valence-corrected chi connectivity index (χ1v) is 8.01. The summed E-state index contributed by atoms with van der Waals surface area (Å²) in [6.07, 6.45) is 4.68. The Bertz CT molecular complexity index is 349. The highest BCUT2D eigenvalue weighted by atomic mass is 16.5. The standard InChI is InChI=1S/C15H26N2O3/c1-2-19-14(18)15(16-10-13-4-3-9-20-13)11-17-7-5-12(15)6-8-17/h12-13,16H,2-11H2,1H3. The number of hydrogen-bond acceptors (Lipinski definition) is 5. The van der Waals surface area contributed by atoms with Gasteiger partial charge in [0.1, 0.15) is 5.54 Å². The number of piperidine rings is 3. The number of ether oxygens (including phenoxy) is 2. The molecule has 114 valence electrons. The molecule has 0 aromatic carbocycles. The van der Waals surface area contributed by atoms with E-state index >= 15 is 0 Å². The second kappa shape index (κ2) is 6.00. The zero-order chi connectivity index (χ0) is 14.0. The number of nitrogens with one attached hydrogen (secondary N) is 1. The number of rotatable bonds is 5. The molecule has 4 aliphatic heterocycles. The summed E-state index contributed by atoms with van der Waals surface area (Å²) in [6.45, 7) is 6.99. The molecule has 0 radical (unpaired) electrons. The van der Waals surface area contributed by atoms with Crippen LogP contribution in [0.4, 0.5) is 0 Å². The molecule has 20 heavy (non-hydrogen) atoms. The van der Waals surface area contributed by atoms with Crippen LogP contribution in [0.5, 0.6) is 0 Å². The summed E-state index contributed by atoms with van der Waals surface area (Å²) in [5.41, 5.74) is -0.502. The SMILES string of the molecule is CCOC(=O)C1(NCC2CCCO2)CN2CCC1CC2. The van der Waals surface area contributed by atoms with Gasteiger partial charge in [-0.25, -0.2) is 4.79 Å². The Hall–Kier alpha value is -0.650. The van der Waals surface area contributed by atoms with Crippen LogP contribution < -0.4 is 5.32 Å². The number of esters is 1. The third kappa shape index (κ3) is 2.59. The van der Waals surface area contributed by atoms with Gasteiger partial charge in [0.25, 0.3) is 0 Å². The maximum absolute atomic E-state index is 12.6. The summed E-state index contributed by atoms with van der Waals surface area (Å²) in [4.78, 5) is 15.0. The second-order valence-corrected chi connectivity index (χ2v) is 6.26. The van der Waals surface area contributed by atoms with Crippen LogP contribution in [0.2, 0.25) is 0 Å². The molecule has 0 aromatic heterocycles. The number of fused-ring (bicyclic) bond motifs is 3. The molecular weight excluding hydrogens is 256 g/mol. The molecule has 4 heterocycles. The van der Waals surface area contributed by atoms with E-state index in [2.05, 4.69) is 10.2 Å². The summed E-state index contributed by atoms with van der Waals surface area (Å²) in [7, 11) is 0. The molecule has 0 spiro atoms. The van der Waals surface area contributed by atoms with Gasteiger partial charge in [-0.2, -0.15) is 0 Å². The normalized spacial score (nSPS) is 40.0. The van der Waals surface area contributed by atoms with E-state index in [1.807, 2.05) is 6.92 Å². The van der Waals surface area contributed by atoms with Gasteiger partial charge in [-0.05, 0) is 51.6 Å². The van der Waals surface area contributed by atoms with Crippen molar-refractivity contribution in [2.45, 2.75) is 44.2 Å². The number of carbonyl (C=O) groups is 1. The molecule has 4 rings (SSSR count). The lowest BCUT2D eigenvalue weighted by atomic mass is 9.72. The van der Waals surface area contributed by atoms with Crippen LogP contribution >= 0.6 is 0 Å². The van der Waals surface area contributed by atoms with Crippen molar-refractivity contribution in [1.29, 1.82) is 0 Å². The second-order valence-electron chi connectivity index (χ2n) is 6.26. The molecule has 2 bridgehead atoms. The average molecular weight is 282 g/mol. The third-order valence-electron chi connectivity index (χ3n) is 5.07. The van der Waals surface area contributed by atoms with Crippen molar-refractivity contribution in [3.8, 4) is 0 Å². The van der Waals surface area contributed by atoms with E-state index in [1.165, 1.54) is 0 Å². The number of carbonyl (C=O) groups excluding carboxylic acids is 1. The van der Waals surface area contributed by atoms with Crippen LogP contribution in [0, 0.1) is 5.92 Å². The molecule has 4 aliphatic rings. The zero-order valence-electron chi connectivity index (χ0n) is 12.4. The van der Waals surface area contributed by atoms with Crippen molar-refractivity contribution in [1.82, 2.24) is 10.2 Å². The summed E-state index contributed by atoms with van der Waals surface area (Å²) in [5.74, 6) is 0.348. The first-order valence-electron chi connectivity index (χ1n) is 8.01. The highest BCUT2D eigenvalue weighted by Gasteiger charge is 2.52. The minimum atomic E-state index is -0.502. The maximum Gasteiger partial charge on any atom is 0.327 e. The molecule has 2 unspecified atom stereocenters. The largest absolute Gasteiger partial charge is 0.465 e. The van der Waals surface area contributed by atoms with E-state index in [0.29, 0.717) is 12.5 Å². The smallest absolute Gasteiger partial charge is 0.327 e. The van der Waals surface area contributed by atoms with Crippen molar-refractivity contribution in [2.75, 3.05) is 39.4 Å². The van der Waals surface area contributed by atoms with E-state index in [4.69, 9.17) is 9.47 Å². The Kier molecular flexibility index (Phi) is 4.29. The first-order chi connectivity index (χ1) is 9.74. The van der Waals surface area contributed by atoms with E-state index in [0.717, 1.165) is 58.5 Å². The van der Waals surface area contributed by atoms with Crippen molar-refractivity contribution in [3.63, 3.8) is 0 Å². The highest BCUT2D eigenvalue weighted by molar-refractivity contribution is 5.82. The van der Waals surface area contributed by atoms with Crippen LogP contribution in [-0.2, 0) is 14.3 Å². The zero-order valence-corrected chi connectivity index (χ0v) is 12.4. The van der Waals surface area contributed by atoms with Crippen molar-refractivity contribution in [2.24, 2.45) is 5.92 Å². The Balaban J connectivity index is 1.71. The monoisotopic (exact) mass is 282 g/mol. The third-order valence-corrected chi connectivity index (χ3v) is 5.07. The van der Waals surface area contributed by atoms with Gasteiger partial charge in [-0.3, -0.25) is 5.32 Å². The first kappa shape index (κ1) is 14.3. The van der Waals surface area contributed by atoms with E-state index in [9.17, 15) is 4.79 Å². The molecule has 1 N–H and O–H groups in total. The lowest BCUT2D eigenvalue weighted by Gasteiger charge is -2.52. The fourth-order valence-corrected chi connectivity index (χ4v) is 3.93. The van der Waals surface area contributed by atoms with Crippen LogP contribution in [0.15, 0.2) is 0 Å². The summed E-state index contributed by atoms with van der Waals surface area (Å²) in [5, 5.41) is 3.55. The Morgan fingerprint density at radius 2 is 2.20 bits per heavy atom. The van der Waals surface area contributed by atoms with Crippen molar-refractivity contribution >= 4 is 5.97 Å². The minimum absolute atomic E-state index is 0.0626. The molecule has 4 saturated heterocycles. The summed E-state index contributed by atoms with van der Waals surface area (Å²) >= 11 is 0. The molecular formula is C15H26N2O3. The van der Waals surface area contributed by atoms with Crippen LogP contribution in [0.3, 0.4) is 0 Å². The van der Waals surface area contributed by atoms with Crippen molar-refractivity contribution < 1.29 is 14.3 Å². The summed E-state index contributed by atoms with van der Waals surface area (Å²) < 4.78 is 11.1. The lowest BCUT2D eigenvalue weighted by Crippen LogP contribution is -2.70. The molecule has 0 aromatic rings. The molecule has 0 amide bonds. The van der Waals surface area contributed by atoms with Gasteiger partial charge in [-0.1, -0.05) is 0 Å². The number of nitrogens with zero attached hydrogens (tertiary/aromatic N) is 1. The van der Waals surface area contributed by atoms with Crippen LogP contribution in [0.1, 0.15) is 32.6 Å². The molecule has 5 heteroatoms. The van der Waals surface area contributed by atoms with Gasteiger partial charge in [0.15, 0.2) is 0 Å². The summed E-state index contributed by atoms with van der Waals surface area (Å²) in [6, 6.07) is 0.